The molecule has 110 valence electrons. The number of aromatic nitrogens is 1. The lowest BCUT2D eigenvalue weighted by Gasteiger charge is -2.13. The third-order valence-electron chi connectivity index (χ3n) is 2.88. The molecule has 2 aromatic rings. The Morgan fingerprint density at radius 2 is 1.71 bits per heavy atom. The molecule has 0 aliphatic carbocycles. The lowest BCUT2D eigenvalue weighted by molar-refractivity contribution is -0.143. The van der Waals surface area contributed by atoms with Crippen molar-refractivity contribution in [2.45, 2.75) is 6.18 Å². The first-order valence-corrected chi connectivity index (χ1v) is 5.94. The van der Waals surface area contributed by atoms with Gasteiger partial charge in [0, 0.05) is 12.6 Å². The molecule has 1 heterocycles. The van der Waals surface area contributed by atoms with Crippen molar-refractivity contribution in [3.8, 4) is 0 Å². The van der Waals surface area contributed by atoms with E-state index in [2.05, 4.69) is 5.32 Å². The van der Waals surface area contributed by atoms with Gasteiger partial charge in [0.05, 0.1) is 0 Å². The molecule has 0 spiro atoms. The molecule has 0 radical (unpaired) electrons. The highest BCUT2D eigenvalue weighted by Crippen LogP contribution is 2.28. The normalized spacial score (nSPS) is 11.2. The predicted octanol–water partition coefficient (Wildman–Crippen LogP) is 2.66. The maximum Gasteiger partial charge on any atom is 0.431 e. The summed E-state index contributed by atoms with van der Waals surface area (Å²) < 4.78 is 38.4. The average molecular weight is 296 g/mol. The molecule has 0 aliphatic heterocycles. The number of nitrogens with one attached hydrogen (secondary N) is 1. The van der Waals surface area contributed by atoms with Gasteiger partial charge in [-0.2, -0.15) is 13.2 Å². The maximum absolute atomic E-state index is 12.6. The Morgan fingerprint density at radius 3 is 2.29 bits per heavy atom. The standard InChI is InChI=1S/C14H11F3N2O2/c1-19-11(14(15,16)17)8-7-10(13(19)21)18-12(20)9-5-3-2-4-6-9/h2-8H,1H3,(H,18,20). The van der Waals surface area contributed by atoms with E-state index in [-0.39, 0.29) is 5.69 Å². The molecule has 0 fully saturated rings. The van der Waals surface area contributed by atoms with Gasteiger partial charge < -0.3 is 9.88 Å². The molecule has 21 heavy (non-hydrogen) atoms. The third-order valence-corrected chi connectivity index (χ3v) is 2.88. The highest BCUT2D eigenvalue weighted by molar-refractivity contribution is 6.04. The molecule has 0 saturated carbocycles. The van der Waals surface area contributed by atoms with E-state index in [1.165, 1.54) is 12.1 Å². The molecule has 0 bridgehead atoms. The van der Waals surface area contributed by atoms with Crippen LogP contribution in [0.1, 0.15) is 16.1 Å². The Hall–Kier alpha value is -2.57. The smallest absolute Gasteiger partial charge is 0.317 e. The lowest BCUT2D eigenvalue weighted by atomic mass is 10.2. The number of hydrogen-bond acceptors (Lipinski definition) is 2. The van der Waals surface area contributed by atoms with Gasteiger partial charge >= 0.3 is 6.18 Å². The fourth-order valence-corrected chi connectivity index (χ4v) is 1.80. The van der Waals surface area contributed by atoms with Gasteiger partial charge in [0.25, 0.3) is 11.5 Å². The zero-order valence-electron chi connectivity index (χ0n) is 10.9. The molecule has 7 heteroatoms. The van der Waals surface area contributed by atoms with Crippen molar-refractivity contribution in [2.75, 3.05) is 5.32 Å². The number of benzene rings is 1. The first-order valence-electron chi connectivity index (χ1n) is 5.94. The molecule has 1 N–H and O–H groups in total. The second-order valence-corrected chi connectivity index (χ2v) is 4.31. The zero-order valence-corrected chi connectivity index (χ0v) is 10.9. The van der Waals surface area contributed by atoms with Crippen LogP contribution in [0.3, 0.4) is 0 Å². The average Bonchev–Trinajstić information content (AvgIpc) is 2.43. The van der Waals surface area contributed by atoms with Crippen LogP contribution in [0, 0.1) is 0 Å². The van der Waals surface area contributed by atoms with Crippen LogP contribution in [0.4, 0.5) is 18.9 Å². The van der Waals surface area contributed by atoms with Crippen LogP contribution in [0.5, 0.6) is 0 Å². The molecular weight excluding hydrogens is 285 g/mol. The molecule has 2 rings (SSSR count). The summed E-state index contributed by atoms with van der Waals surface area (Å²) in [5, 5.41) is 2.31. The molecule has 0 saturated heterocycles. The second-order valence-electron chi connectivity index (χ2n) is 4.31. The summed E-state index contributed by atoms with van der Waals surface area (Å²) in [6.45, 7) is 0. The van der Waals surface area contributed by atoms with Gasteiger partial charge in [0.15, 0.2) is 0 Å². The molecule has 0 atom stereocenters. The number of halogens is 3. The van der Waals surface area contributed by atoms with E-state index < -0.39 is 23.3 Å². The molecular formula is C14H11F3N2O2. The Morgan fingerprint density at radius 1 is 1.10 bits per heavy atom. The Kier molecular flexibility index (Phi) is 3.84. The Bertz CT molecular complexity index is 721. The zero-order chi connectivity index (χ0) is 15.6. The number of alkyl halides is 3. The minimum Gasteiger partial charge on any atom is -0.317 e. The van der Waals surface area contributed by atoms with E-state index in [0.29, 0.717) is 10.1 Å². The van der Waals surface area contributed by atoms with Gasteiger partial charge in [-0.1, -0.05) is 18.2 Å². The number of nitrogens with zero attached hydrogens (tertiary/aromatic N) is 1. The van der Waals surface area contributed by atoms with Crippen LogP contribution in [-0.4, -0.2) is 10.5 Å². The minimum atomic E-state index is -4.63. The number of hydrogen-bond donors (Lipinski definition) is 1. The summed E-state index contributed by atoms with van der Waals surface area (Å²) in [6.07, 6.45) is -4.63. The molecule has 1 aromatic heterocycles. The van der Waals surface area contributed by atoms with E-state index in [4.69, 9.17) is 0 Å². The minimum absolute atomic E-state index is 0.209. The van der Waals surface area contributed by atoms with Crippen molar-refractivity contribution in [2.24, 2.45) is 7.05 Å². The molecule has 1 amide bonds. The fourth-order valence-electron chi connectivity index (χ4n) is 1.80. The lowest BCUT2D eigenvalue weighted by Crippen LogP contribution is -2.29. The second kappa shape index (κ2) is 5.43. The molecule has 0 unspecified atom stereocenters. The fraction of sp³-hybridized carbons (Fsp3) is 0.143. The summed E-state index contributed by atoms with van der Waals surface area (Å²) in [6, 6.07) is 9.76. The van der Waals surface area contributed by atoms with Crippen LogP contribution in [-0.2, 0) is 13.2 Å². The van der Waals surface area contributed by atoms with Crippen molar-refractivity contribution in [3.05, 3.63) is 64.1 Å². The maximum atomic E-state index is 12.6. The largest absolute Gasteiger partial charge is 0.431 e. The first-order chi connectivity index (χ1) is 9.80. The topological polar surface area (TPSA) is 51.1 Å². The van der Waals surface area contributed by atoms with E-state index >= 15 is 0 Å². The van der Waals surface area contributed by atoms with E-state index in [1.54, 1.807) is 18.2 Å². The van der Waals surface area contributed by atoms with E-state index in [0.717, 1.165) is 19.2 Å². The quantitative estimate of drug-likeness (QED) is 0.926. The van der Waals surface area contributed by atoms with Crippen LogP contribution < -0.4 is 10.9 Å². The van der Waals surface area contributed by atoms with Crippen LogP contribution in [0.15, 0.2) is 47.3 Å². The number of carbonyl (C=O) groups is 1. The number of anilines is 1. The van der Waals surface area contributed by atoms with Gasteiger partial charge in [-0.05, 0) is 24.3 Å². The summed E-state index contributed by atoms with van der Waals surface area (Å²) in [5.74, 6) is -0.563. The summed E-state index contributed by atoms with van der Waals surface area (Å²) in [5.41, 5.74) is -1.90. The van der Waals surface area contributed by atoms with Crippen LogP contribution in [0.2, 0.25) is 0 Å². The summed E-state index contributed by atoms with van der Waals surface area (Å²) in [4.78, 5) is 23.7. The van der Waals surface area contributed by atoms with Gasteiger partial charge in [0.2, 0.25) is 0 Å². The van der Waals surface area contributed by atoms with Gasteiger partial charge in [-0.3, -0.25) is 9.59 Å². The highest BCUT2D eigenvalue weighted by atomic mass is 19.4. The van der Waals surface area contributed by atoms with Crippen molar-refractivity contribution in [3.63, 3.8) is 0 Å². The van der Waals surface area contributed by atoms with Crippen molar-refractivity contribution >= 4 is 11.6 Å². The third kappa shape index (κ3) is 3.13. The van der Waals surface area contributed by atoms with Crippen molar-refractivity contribution in [1.82, 2.24) is 4.57 Å². The Balaban J connectivity index is 2.33. The van der Waals surface area contributed by atoms with Gasteiger partial charge in [-0.15, -0.1) is 0 Å². The van der Waals surface area contributed by atoms with Gasteiger partial charge in [0.1, 0.15) is 11.4 Å². The molecule has 0 aliphatic rings. The molecule has 1 aromatic carbocycles. The highest BCUT2D eigenvalue weighted by Gasteiger charge is 2.33. The Labute approximate surface area is 117 Å². The van der Waals surface area contributed by atoms with E-state index in [9.17, 15) is 22.8 Å². The molecule has 4 nitrogen and oxygen atoms in total. The van der Waals surface area contributed by atoms with Crippen LogP contribution in [0.25, 0.3) is 0 Å². The van der Waals surface area contributed by atoms with E-state index in [1.807, 2.05) is 0 Å². The SMILES string of the molecule is Cn1c(C(F)(F)F)ccc(NC(=O)c2ccccc2)c1=O. The van der Waals surface area contributed by atoms with Crippen molar-refractivity contribution in [1.29, 1.82) is 0 Å². The van der Waals surface area contributed by atoms with Crippen LogP contribution >= 0.6 is 0 Å². The monoisotopic (exact) mass is 296 g/mol. The summed E-state index contributed by atoms with van der Waals surface area (Å²) in [7, 11) is 1.00. The number of carbonyl (C=O) groups excluding carboxylic acids is 1. The number of rotatable bonds is 2. The number of pyridine rings is 1. The first kappa shape index (κ1) is 14.8. The summed E-state index contributed by atoms with van der Waals surface area (Å²) >= 11 is 0. The van der Waals surface area contributed by atoms with Crippen molar-refractivity contribution < 1.29 is 18.0 Å². The van der Waals surface area contributed by atoms with Gasteiger partial charge in [-0.25, -0.2) is 0 Å². The predicted molar refractivity (Wildman–Crippen MR) is 71.1 cm³/mol. The number of amides is 1.